The molecule has 0 N–H and O–H groups in total. The minimum Gasteiger partial charge on any atom is -0.324 e. The Hall–Kier alpha value is -1.08. The summed E-state index contributed by atoms with van der Waals surface area (Å²) in [6.07, 6.45) is 39.9. The van der Waals surface area contributed by atoms with Gasteiger partial charge in [-0.25, -0.2) is 0 Å². The van der Waals surface area contributed by atoms with Gasteiger partial charge in [0.2, 0.25) is 0 Å². The Balaban J connectivity index is 4.87. The molecule has 0 heterocycles. The number of nitrogens with zero attached hydrogens (tertiary/aromatic N) is 1. The summed E-state index contributed by atoms with van der Waals surface area (Å²) in [5.74, 6) is 0. The Bertz CT molecular complexity index is 403. The normalized spacial score (nSPS) is 13.0. The van der Waals surface area contributed by atoms with Crippen LogP contribution >= 0.6 is 0 Å². The molecule has 192 valence electrons. The van der Waals surface area contributed by atoms with Crippen molar-refractivity contribution in [3.05, 3.63) is 48.6 Å². The van der Waals surface area contributed by atoms with Gasteiger partial charge in [-0.15, -0.1) is 0 Å². The minimum absolute atomic E-state index is 1.26. The summed E-state index contributed by atoms with van der Waals surface area (Å²) < 4.78 is 1.40. The van der Waals surface area contributed by atoms with Crippen molar-refractivity contribution in [2.75, 3.05) is 26.2 Å². The standard InChI is InChI=1S/C32H60N/c1-5-9-13-17-21-25-29-33(30-26-22-18-14-10-6-2,31-27-23-19-15-11-7-3)32-28-24-20-16-12-8-4/h5-12H,13-32H2,1-4H3/q+1/b9-5+,10-6+,11-7+,12-8+. The van der Waals surface area contributed by atoms with E-state index >= 15 is 0 Å². The highest BCUT2D eigenvalue weighted by Gasteiger charge is 2.25. The van der Waals surface area contributed by atoms with Gasteiger partial charge in [0.05, 0.1) is 26.2 Å². The van der Waals surface area contributed by atoms with Crippen LogP contribution in [-0.2, 0) is 0 Å². The molecule has 0 unspecified atom stereocenters. The topological polar surface area (TPSA) is 0 Å². The molecule has 0 bridgehead atoms. The third-order valence-corrected chi connectivity index (χ3v) is 6.96. The summed E-state index contributed by atoms with van der Waals surface area (Å²) in [4.78, 5) is 0. The van der Waals surface area contributed by atoms with E-state index in [1.807, 2.05) is 0 Å². The molecule has 0 fully saturated rings. The predicted octanol–water partition coefficient (Wildman–Crippen LogP) is 10.3. The highest BCUT2D eigenvalue weighted by atomic mass is 15.3. The number of quaternary nitrogens is 1. The van der Waals surface area contributed by atoms with E-state index in [-0.39, 0.29) is 0 Å². The van der Waals surface area contributed by atoms with E-state index in [0.29, 0.717) is 0 Å². The lowest BCUT2D eigenvalue weighted by molar-refractivity contribution is -0.929. The monoisotopic (exact) mass is 458 g/mol. The van der Waals surface area contributed by atoms with Crippen molar-refractivity contribution in [1.29, 1.82) is 0 Å². The van der Waals surface area contributed by atoms with Crippen molar-refractivity contribution in [3.63, 3.8) is 0 Å². The molecule has 0 saturated heterocycles. The molecule has 0 aliphatic heterocycles. The third-order valence-electron chi connectivity index (χ3n) is 6.96. The average molecular weight is 459 g/mol. The maximum Gasteiger partial charge on any atom is 0.0786 e. The zero-order chi connectivity index (χ0) is 24.3. The van der Waals surface area contributed by atoms with E-state index < -0.39 is 0 Å². The molecule has 0 aliphatic rings. The lowest BCUT2D eigenvalue weighted by Gasteiger charge is -2.39. The van der Waals surface area contributed by atoms with Gasteiger partial charge in [-0.1, -0.05) is 48.6 Å². The van der Waals surface area contributed by atoms with Crippen molar-refractivity contribution < 1.29 is 4.48 Å². The number of rotatable bonds is 24. The van der Waals surface area contributed by atoms with Crippen LogP contribution in [0, 0.1) is 0 Å². The first kappa shape index (κ1) is 31.9. The molecule has 0 saturated carbocycles. The number of unbranched alkanes of at least 4 members (excludes halogenated alkanes) is 12. The molecule has 1 heteroatoms. The summed E-state index contributed by atoms with van der Waals surface area (Å²) in [7, 11) is 0. The summed E-state index contributed by atoms with van der Waals surface area (Å²) in [5, 5.41) is 0. The average Bonchev–Trinajstić information content (AvgIpc) is 2.83. The molecular formula is C32H60N+. The molecule has 0 aromatic heterocycles. The van der Waals surface area contributed by atoms with Crippen LogP contribution < -0.4 is 0 Å². The lowest BCUT2D eigenvalue weighted by Crippen LogP contribution is -2.50. The molecule has 0 aromatic rings. The van der Waals surface area contributed by atoms with E-state index in [1.165, 1.54) is 133 Å². The Morgan fingerprint density at radius 1 is 0.333 bits per heavy atom. The highest BCUT2D eigenvalue weighted by Crippen LogP contribution is 2.20. The molecule has 0 aliphatic carbocycles. The lowest BCUT2D eigenvalue weighted by atomic mass is 10.1. The predicted molar refractivity (Wildman–Crippen MR) is 153 cm³/mol. The van der Waals surface area contributed by atoms with E-state index in [2.05, 4.69) is 76.3 Å². The molecule has 0 aromatic carbocycles. The van der Waals surface area contributed by atoms with Gasteiger partial charge in [-0.05, 0) is 130 Å². The van der Waals surface area contributed by atoms with Gasteiger partial charge in [0.1, 0.15) is 0 Å². The Kier molecular flexibility index (Phi) is 24.7. The van der Waals surface area contributed by atoms with Crippen molar-refractivity contribution in [2.45, 2.75) is 130 Å². The van der Waals surface area contributed by atoms with Crippen molar-refractivity contribution in [2.24, 2.45) is 0 Å². The molecule has 0 atom stereocenters. The van der Waals surface area contributed by atoms with Crippen molar-refractivity contribution >= 4 is 0 Å². The van der Waals surface area contributed by atoms with Crippen molar-refractivity contribution in [3.8, 4) is 0 Å². The largest absolute Gasteiger partial charge is 0.324 e. The summed E-state index contributed by atoms with van der Waals surface area (Å²) >= 11 is 0. The van der Waals surface area contributed by atoms with E-state index in [1.54, 1.807) is 0 Å². The van der Waals surface area contributed by atoms with E-state index in [0.717, 1.165) is 0 Å². The first-order chi connectivity index (χ1) is 16.2. The Morgan fingerprint density at radius 3 is 0.788 bits per heavy atom. The molecule has 0 amide bonds. The highest BCUT2D eigenvalue weighted by molar-refractivity contribution is 4.78. The smallest absolute Gasteiger partial charge is 0.0786 e. The second-order valence-electron chi connectivity index (χ2n) is 9.91. The SMILES string of the molecule is C/C=C/CCCCC[N+](CCCCC/C=C/C)(CCCCC/C=C/C)CCCCC/C=C/C. The maximum atomic E-state index is 2.34. The zero-order valence-electron chi connectivity index (χ0n) is 23.2. The van der Waals surface area contributed by atoms with E-state index in [4.69, 9.17) is 0 Å². The van der Waals surface area contributed by atoms with Gasteiger partial charge in [0.15, 0.2) is 0 Å². The van der Waals surface area contributed by atoms with Gasteiger partial charge in [-0.2, -0.15) is 0 Å². The van der Waals surface area contributed by atoms with Gasteiger partial charge in [0.25, 0.3) is 0 Å². The van der Waals surface area contributed by atoms with Crippen LogP contribution in [0.1, 0.15) is 130 Å². The van der Waals surface area contributed by atoms with Crippen molar-refractivity contribution in [1.82, 2.24) is 0 Å². The number of hydrogen-bond acceptors (Lipinski definition) is 0. The molecule has 0 spiro atoms. The van der Waals surface area contributed by atoms with Crippen LogP contribution in [0.3, 0.4) is 0 Å². The number of hydrogen-bond donors (Lipinski definition) is 0. The first-order valence-electron chi connectivity index (χ1n) is 14.5. The number of allylic oxidation sites excluding steroid dienone is 8. The molecular weight excluding hydrogens is 398 g/mol. The van der Waals surface area contributed by atoms with Crippen LogP contribution in [0.2, 0.25) is 0 Å². The maximum absolute atomic E-state index is 2.34. The van der Waals surface area contributed by atoms with Crippen LogP contribution in [0.15, 0.2) is 48.6 Å². The molecule has 33 heavy (non-hydrogen) atoms. The summed E-state index contributed by atoms with van der Waals surface area (Å²) in [5.41, 5.74) is 0. The minimum atomic E-state index is 1.26. The van der Waals surface area contributed by atoms with Crippen LogP contribution in [0.5, 0.6) is 0 Å². The Morgan fingerprint density at radius 2 is 0.576 bits per heavy atom. The quantitative estimate of drug-likeness (QED) is 0.0766. The fourth-order valence-electron chi connectivity index (χ4n) is 4.88. The van der Waals surface area contributed by atoms with Gasteiger partial charge in [-0.3, -0.25) is 0 Å². The summed E-state index contributed by atoms with van der Waals surface area (Å²) in [6.45, 7) is 14.2. The zero-order valence-corrected chi connectivity index (χ0v) is 23.2. The third kappa shape index (κ3) is 21.2. The summed E-state index contributed by atoms with van der Waals surface area (Å²) in [6, 6.07) is 0. The molecule has 1 nitrogen and oxygen atoms in total. The van der Waals surface area contributed by atoms with Crippen LogP contribution in [-0.4, -0.2) is 30.7 Å². The van der Waals surface area contributed by atoms with Gasteiger partial charge >= 0.3 is 0 Å². The molecule has 0 rings (SSSR count). The van der Waals surface area contributed by atoms with Crippen LogP contribution in [0.4, 0.5) is 0 Å². The first-order valence-corrected chi connectivity index (χ1v) is 14.5. The van der Waals surface area contributed by atoms with Gasteiger partial charge in [0, 0.05) is 0 Å². The fraction of sp³-hybridized carbons (Fsp3) is 0.750. The second kappa shape index (κ2) is 25.5. The fourth-order valence-corrected chi connectivity index (χ4v) is 4.88. The molecule has 0 radical (unpaired) electrons. The van der Waals surface area contributed by atoms with E-state index in [9.17, 15) is 0 Å². The Labute approximate surface area is 209 Å². The second-order valence-corrected chi connectivity index (χ2v) is 9.91. The van der Waals surface area contributed by atoms with Gasteiger partial charge < -0.3 is 4.48 Å². The van der Waals surface area contributed by atoms with Crippen LogP contribution in [0.25, 0.3) is 0 Å².